The summed E-state index contributed by atoms with van der Waals surface area (Å²) in [5.74, 6) is -2.13. The van der Waals surface area contributed by atoms with Crippen LogP contribution in [-0.2, 0) is 6.42 Å². The Morgan fingerprint density at radius 1 is 1.45 bits per heavy atom. The van der Waals surface area contributed by atoms with Gasteiger partial charge in [0.2, 0.25) is 0 Å². The molecule has 0 amide bonds. The highest BCUT2D eigenvalue weighted by Gasteiger charge is 2.13. The normalized spacial score (nSPS) is 10.5. The quantitative estimate of drug-likeness (QED) is 0.714. The van der Waals surface area contributed by atoms with Crippen molar-refractivity contribution in [1.29, 1.82) is 0 Å². The van der Waals surface area contributed by atoms with Crippen LogP contribution in [-0.4, -0.2) is 17.6 Å². The van der Waals surface area contributed by atoms with Crippen LogP contribution in [0.1, 0.15) is 15.2 Å². The van der Waals surface area contributed by atoms with Gasteiger partial charge < -0.3 is 16.2 Å². The van der Waals surface area contributed by atoms with Crippen LogP contribution in [0.25, 0.3) is 0 Å². The van der Waals surface area contributed by atoms with Gasteiger partial charge in [-0.05, 0) is 46.6 Å². The number of benzene rings is 1. The summed E-state index contributed by atoms with van der Waals surface area (Å²) in [5.41, 5.74) is 5.92. The number of nitrogen functional groups attached to an aromatic ring is 1. The van der Waals surface area contributed by atoms with Gasteiger partial charge in [-0.15, -0.1) is 11.3 Å². The van der Waals surface area contributed by atoms with E-state index in [9.17, 15) is 9.18 Å². The lowest BCUT2D eigenvalue weighted by molar-refractivity contribution is 0.0692. The predicted molar refractivity (Wildman–Crippen MR) is 82.0 cm³/mol. The molecule has 2 aromatic rings. The van der Waals surface area contributed by atoms with E-state index in [2.05, 4.69) is 21.2 Å². The lowest BCUT2D eigenvalue weighted by atomic mass is 10.1. The molecular formula is C13H12BrFN2O2S. The first-order chi connectivity index (χ1) is 9.47. The molecule has 0 spiro atoms. The summed E-state index contributed by atoms with van der Waals surface area (Å²) in [5, 5.41) is 11.8. The summed E-state index contributed by atoms with van der Waals surface area (Å²) < 4.78 is 14.6. The maximum atomic E-state index is 13.6. The van der Waals surface area contributed by atoms with Crippen molar-refractivity contribution in [2.45, 2.75) is 6.42 Å². The number of carboxylic acid groups (broad SMARTS) is 1. The minimum absolute atomic E-state index is 0.219. The molecule has 0 saturated heterocycles. The number of carbonyl (C=O) groups is 1. The molecule has 1 heterocycles. The summed E-state index contributed by atoms with van der Waals surface area (Å²) in [7, 11) is 0. The molecule has 0 aliphatic rings. The van der Waals surface area contributed by atoms with E-state index in [0.29, 0.717) is 12.2 Å². The van der Waals surface area contributed by atoms with Crippen molar-refractivity contribution in [3.63, 3.8) is 0 Å². The Morgan fingerprint density at radius 2 is 2.20 bits per heavy atom. The molecule has 0 aliphatic carbocycles. The number of hydrogen-bond donors (Lipinski definition) is 3. The van der Waals surface area contributed by atoms with Gasteiger partial charge in [0.05, 0.1) is 20.7 Å². The van der Waals surface area contributed by atoms with Gasteiger partial charge in [0, 0.05) is 11.4 Å². The van der Waals surface area contributed by atoms with E-state index in [1.54, 1.807) is 11.3 Å². The average molecular weight is 359 g/mol. The molecule has 1 aromatic heterocycles. The van der Waals surface area contributed by atoms with E-state index in [1.807, 2.05) is 12.1 Å². The molecule has 0 radical (unpaired) electrons. The Hall–Kier alpha value is -1.60. The van der Waals surface area contributed by atoms with Crippen molar-refractivity contribution >= 4 is 44.6 Å². The van der Waals surface area contributed by atoms with Crippen LogP contribution in [0.5, 0.6) is 0 Å². The van der Waals surface area contributed by atoms with E-state index in [-0.39, 0.29) is 5.69 Å². The largest absolute Gasteiger partial charge is 0.478 e. The molecule has 0 atom stereocenters. The molecule has 20 heavy (non-hydrogen) atoms. The number of carboxylic acids is 1. The topological polar surface area (TPSA) is 75.4 Å². The summed E-state index contributed by atoms with van der Waals surface area (Å²) in [6, 6.07) is 6.22. The predicted octanol–water partition coefficient (Wildman–Crippen LogP) is 3.58. The second-order valence-electron chi connectivity index (χ2n) is 4.11. The van der Waals surface area contributed by atoms with Gasteiger partial charge in [-0.25, -0.2) is 9.18 Å². The first-order valence-corrected chi connectivity index (χ1v) is 7.38. The Bertz CT molecular complexity index is 645. The molecule has 0 fully saturated rings. The second kappa shape index (κ2) is 6.23. The van der Waals surface area contributed by atoms with Crippen LogP contribution in [0.15, 0.2) is 28.1 Å². The first kappa shape index (κ1) is 14.8. The van der Waals surface area contributed by atoms with Crippen LogP contribution in [0.3, 0.4) is 0 Å². The molecule has 0 unspecified atom stereocenters. The highest BCUT2D eigenvalue weighted by atomic mass is 79.9. The maximum absolute atomic E-state index is 13.6. The Kier molecular flexibility index (Phi) is 4.61. The Labute approximate surface area is 127 Å². The van der Waals surface area contributed by atoms with E-state index in [1.165, 1.54) is 4.88 Å². The monoisotopic (exact) mass is 358 g/mol. The zero-order valence-electron chi connectivity index (χ0n) is 10.3. The zero-order chi connectivity index (χ0) is 14.7. The fourth-order valence-electron chi connectivity index (χ4n) is 1.71. The van der Waals surface area contributed by atoms with Crippen molar-refractivity contribution in [1.82, 2.24) is 0 Å². The second-order valence-corrected chi connectivity index (χ2v) is 6.65. The minimum atomic E-state index is -1.33. The van der Waals surface area contributed by atoms with Gasteiger partial charge in [-0.2, -0.15) is 0 Å². The third-order valence-electron chi connectivity index (χ3n) is 2.69. The number of nitrogens with one attached hydrogen (secondary N) is 1. The van der Waals surface area contributed by atoms with Crippen molar-refractivity contribution in [3.05, 3.63) is 44.3 Å². The summed E-state index contributed by atoms with van der Waals surface area (Å²) in [6.07, 6.45) is 0.776. The van der Waals surface area contributed by atoms with Gasteiger partial charge in [0.1, 0.15) is 5.82 Å². The van der Waals surface area contributed by atoms with Crippen molar-refractivity contribution in [2.24, 2.45) is 0 Å². The van der Waals surface area contributed by atoms with E-state index >= 15 is 0 Å². The third-order valence-corrected chi connectivity index (χ3v) is 4.37. The maximum Gasteiger partial charge on any atom is 0.338 e. The smallest absolute Gasteiger partial charge is 0.338 e. The number of halogens is 2. The van der Waals surface area contributed by atoms with Gasteiger partial charge in [0.25, 0.3) is 0 Å². The van der Waals surface area contributed by atoms with Gasteiger partial charge in [-0.3, -0.25) is 0 Å². The Balaban J connectivity index is 2.03. The highest BCUT2D eigenvalue weighted by molar-refractivity contribution is 9.11. The molecule has 7 heteroatoms. The number of anilines is 2. The number of thiophene rings is 1. The van der Waals surface area contributed by atoms with E-state index in [0.717, 1.165) is 22.3 Å². The lowest BCUT2D eigenvalue weighted by Crippen LogP contribution is -2.09. The first-order valence-electron chi connectivity index (χ1n) is 5.78. The van der Waals surface area contributed by atoms with Crippen LogP contribution in [0.2, 0.25) is 0 Å². The third kappa shape index (κ3) is 3.49. The molecule has 106 valence electrons. The number of nitrogens with two attached hydrogens (primary N) is 1. The summed E-state index contributed by atoms with van der Waals surface area (Å²) >= 11 is 5.01. The van der Waals surface area contributed by atoms with Crippen molar-refractivity contribution in [2.75, 3.05) is 17.6 Å². The van der Waals surface area contributed by atoms with Crippen molar-refractivity contribution in [3.8, 4) is 0 Å². The SMILES string of the molecule is Nc1cc(C(=O)O)c(F)cc1NCCc1ccc(Br)s1. The average Bonchev–Trinajstić information content (AvgIpc) is 2.78. The molecule has 2 rings (SSSR count). The van der Waals surface area contributed by atoms with Crippen LogP contribution in [0.4, 0.5) is 15.8 Å². The fourth-order valence-corrected chi connectivity index (χ4v) is 3.20. The molecule has 1 aromatic carbocycles. The number of rotatable bonds is 5. The van der Waals surface area contributed by atoms with E-state index < -0.39 is 17.3 Å². The fraction of sp³-hybridized carbons (Fsp3) is 0.154. The van der Waals surface area contributed by atoms with Crippen molar-refractivity contribution < 1.29 is 14.3 Å². The Morgan fingerprint density at radius 3 is 2.80 bits per heavy atom. The standard InChI is InChI=1S/C13H12BrFN2O2S/c14-12-2-1-7(20-12)3-4-17-11-6-9(15)8(13(18)19)5-10(11)16/h1-2,5-6,17H,3-4,16H2,(H,18,19). The van der Waals surface area contributed by atoms with Gasteiger partial charge in [-0.1, -0.05) is 0 Å². The molecule has 4 N–H and O–H groups in total. The van der Waals surface area contributed by atoms with Gasteiger partial charge in [0.15, 0.2) is 0 Å². The molecular weight excluding hydrogens is 347 g/mol. The summed E-state index contributed by atoms with van der Waals surface area (Å²) in [6.45, 7) is 0.586. The molecule has 4 nitrogen and oxygen atoms in total. The molecule has 0 bridgehead atoms. The summed E-state index contributed by atoms with van der Waals surface area (Å²) in [4.78, 5) is 12.0. The van der Waals surface area contributed by atoms with Crippen LogP contribution >= 0.6 is 27.3 Å². The molecule has 0 aliphatic heterocycles. The lowest BCUT2D eigenvalue weighted by Gasteiger charge is -2.10. The van der Waals surface area contributed by atoms with E-state index in [4.69, 9.17) is 10.8 Å². The highest BCUT2D eigenvalue weighted by Crippen LogP contribution is 2.25. The van der Waals surface area contributed by atoms with Crippen LogP contribution < -0.4 is 11.1 Å². The number of hydrogen-bond acceptors (Lipinski definition) is 4. The van der Waals surface area contributed by atoms with Gasteiger partial charge >= 0.3 is 5.97 Å². The zero-order valence-corrected chi connectivity index (χ0v) is 12.7. The minimum Gasteiger partial charge on any atom is -0.478 e. The number of aromatic carboxylic acids is 1. The molecule has 0 saturated carbocycles. The van der Waals surface area contributed by atoms with Crippen LogP contribution in [0, 0.1) is 5.82 Å².